The van der Waals surface area contributed by atoms with E-state index in [1.165, 1.54) is 16.7 Å². The highest BCUT2D eigenvalue weighted by molar-refractivity contribution is 5.36. The van der Waals surface area contributed by atoms with Gasteiger partial charge in [0.2, 0.25) is 0 Å². The minimum atomic E-state index is -0.225. The summed E-state index contributed by atoms with van der Waals surface area (Å²) in [5.74, 6) is 0. The summed E-state index contributed by atoms with van der Waals surface area (Å²) in [4.78, 5) is 0. The maximum Gasteiger partial charge on any atom is 0.0502 e. The van der Waals surface area contributed by atoms with Crippen LogP contribution in [0, 0.1) is 0 Å². The molecule has 0 atom stereocenters. The fraction of sp³-hybridized carbons (Fsp3) is 0.667. The topological polar surface area (TPSA) is 70.5 Å². The van der Waals surface area contributed by atoms with Crippen molar-refractivity contribution in [2.45, 2.75) is 50.1 Å². The summed E-state index contributed by atoms with van der Waals surface area (Å²) in [5, 5.41) is 0. The van der Waals surface area contributed by atoms with Gasteiger partial charge in [-0.25, -0.2) is 0 Å². The number of rotatable bonds is 7. The predicted molar refractivity (Wildman–Crippen MR) is 89.9 cm³/mol. The van der Waals surface area contributed by atoms with Gasteiger partial charge in [-0.2, -0.15) is 0 Å². The van der Waals surface area contributed by atoms with Crippen LogP contribution in [0.2, 0.25) is 0 Å². The van der Waals surface area contributed by atoms with Crippen molar-refractivity contribution >= 4 is 0 Å². The van der Waals surface area contributed by atoms with Gasteiger partial charge in [-0.15, -0.1) is 0 Å². The zero-order valence-corrected chi connectivity index (χ0v) is 13.9. The molecule has 1 aliphatic carbocycles. The monoisotopic (exact) mass is 306 g/mol. The molecule has 4 N–H and O–H groups in total. The molecule has 2 rings (SSSR count). The van der Waals surface area contributed by atoms with E-state index in [4.69, 9.17) is 20.9 Å². The molecule has 4 nitrogen and oxygen atoms in total. The molecule has 0 unspecified atom stereocenters. The van der Waals surface area contributed by atoms with Gasteiger partial charge in [-0.1, -0.05) is 18.2 Å². The lowest BCUT2D eigenvalue weighted by Gasteiger charge is -2.37. The zero-order valence-electron chi connectivity index (χ0n) is 13.9. The predicted octanol–water partition coefficient (Wildman–Crippen LogP) is 2.12. The average Bonchev–Trinajstić information content (AvgIpc) is 2.54. The Morgan fingerprint density at radius 3 is 2.23 bits per heavy atom. The number of hydrogen-bond donors (Lipinski definition) is 2. The van der Waals surface area contributed by atoms with Crippen molar-refractivity contribution in [3.05, 3.63) is 34.9 Å². The molecule has 1 aliphatic rings. The van der Waals surface area contributed by atoms with E-state index in [9.17, 15) is 0 Å². The van der Waals surface area contributed by atoms with Crippen molar-refractivity contribution in [2.75, 3.05) is 27.4 Å². The van der Waals surface area contributed by atoms with Gasteiger partial charge in [0.1, 0.15) is 0 Å². The molecule has 1 saturated carbocycles. The highest BCUT2D eigenvalue weighted by Gasteiger charge is 2.32. The van der Waals surface area contributed by atoms with Crippen LogP contribution in [0.25, 0.3) is 0 Å². The summed E-state index contributed by atoms with van der Waals surface area (Å²) >= 11 is 0. The zero-order chi connectivity index (χ0) is 16.0. The molecule has 0 bridgehead atoms. The molecule has 0 amide bonds. The summed E-state index contributed by atoms with van der Waals surface area (Å²) < 4.78 is 10.5. The van der Waals surface area contributed by atoms with E-state index in [1.807, 2.05) is 0 Å². The van der Waals surface area contributed by atoms with E-state index in [0.717, 1.165) is 51.7 Å². The highest BCUT2D eigenvalue weighted by Crippen LogP contribution is 2.35. The highest BCUT2D eigenvalue weighted by atomic mass is 16.5. The Bertz CT molecular complexity index is 468. The summed E-state index contributed by atoms with van der Waals surface area (Å²) in [7, 11) is 3.48. The van der Waals surface area contributed by atoms with E-state index in [0.29, 0.717) is 6.04 Å². The molecule has 1 fully saturated rings. The Kier molecular flexibility index (Phi) is 6.38. The van der Waals surface area contributed by atoms with Crippen LogP contribution in [0.4, 0.5) is 0 Å². The molecule has 0 aromatic heterocycles. The van der Waals surface area contributed by atoms with Crippen LogP contribution >= 0.6 is 0 Å². The van der Waals surface area contributed by atoms with Gasteiger partial charge in [0, 0.05) is 25.8 Å². The van der Waals surface area contributed by atoms with E-state index in [2.05, 4.69) is 18.2 Å². The van der Waals surface area contributed by atoms with Gasteiger partial charge in [0.25, 0.3) is 0 Å². The van der Waals surface area contributed by atoms with E-state index >= 15 is 0 Å². The first kappa shape index (κ1) is 17.4. The largest absolute Gasteiger partial charge is 0.384 e. The molecule has 22 heavy (non-hydrogen) atoms. The Labute approximate surface area is 134 Å². The van der Waals surface area contributed by atoms with Gasteiger partial charge < -0.3 is 20.9 Å². The van der Waals surface area contributed by atoms with E-state index < -0.39 is 0 Å². The lowest BCUT2D eigenvalue weighted by atomic mass is 9.75. The van der Waals surface area contributed by atoms with Crippen LogP contribution in [0.15, 0.2) is 18.2 Å². The van der Waals surface area contributed by atoms with Gasteiger partial charge in [-0.05, 0) is 55.2 Å². The molecule has 124 valence electrons. The van der Waals surface area contributed by atoms with Crippen molar-refractivity contribution in [3.8, 4) is 0 Å². The summed E-state index contributed by atoms with van der Waals surface area (Å²) in [6.45, 7) is 1.47. The fourth-order valence-electron chi connectivity index (χ4n) is 3.28. The second-order valence-corrected chi connectivity index (χ2v) is 6.46. The minimum Gasteiger partial charge on any atom is -0.384 e. The lowest BCUT2D eigenvalue weighted by molar-refractivity contribution is 0.198. The first-order valence-corrected chi connectivity index (χ1v) is 8.23. The van der Waals surface area contributed by atoms with Gasteiger partial charge in [0.15, 0.2) is 0 Å². The standard InChI is InChI=1S/C18H30N2O2/c1-21-11-7-14-3-4-16(13-15(14)8-12-22-2)18(20)9-5-17(19)6-10-18/h3-4,13,17H,5-12,19-20H2,1-2H3. The Morgan fingerprint density at radius 1 is 1.05 bits per heavy atom. The van der Waals surface area contributed by atoms with Crippen molar-refractivity contribution in [2.24, 2.45) is 11.5 Å². The Balaban J connectivity index is 2.21. The number of benzene rings is 1. The van der Waals surface area contributed by atoms with Crippen molar-refractivity contribution in [3.63, 3.8) is 0 Å². The summed E-state index contributed by atoms with van der Waals surface area (Å²) in [6.07, 6.45) is 5.80. The van der Waals surface area contributed by atoms with Crippen LogP contribution in [0.5, 0.6) is 0 Å². The first-order valence-electron chi connectivity index (χ1n) is 8.23. The van der Waals surface area contributed by atoms with E-state index in [1.54, 1.807) is 14.2 Å². The normalized spacial score (nSPS) is 25.4. The molecular weight excluding hydrogens is 276 g/mol. The summed E-state index contributed by atoms with van der Waals surface area (Å²) in [5.41, 5.74) is 16.4. The van der Waals surface area contributed by atoms with Gasteiger partial charge in [0.05, 0.1) is 13.2 Å². The molecule has 0 aliphatic heterocycles. The third kappa shape index (κ3) is 4.29. The van der Waals surface area contributed by atoms with Crippen molar-refractivity contribution in [1.82, 2.24) is 0 Å². The van der Waals surface area contributed by atoms with Crippen LogP contribution < -0.4 is 11.5 Å². The Hall–Kier alpha value is -0.940. The molecule has 0 radical (unpaired) electrons. The smallest absolute Gasteiger partial charge is 0.0502 e. The number of methoxy groups -OCH3 is 2. The van der Waals surface area contributed by atoms with E-state index in [-0.39, 0.29) is 5.54 Å². The number of nitrogens with two attached hydrogens (primary N) is 2. The van der Waals surface area contributed by atoms with Crippen LogP contribution in [0.3, 0.4) is 0 Å². The van der Waals surface area contributed by atoms with Crippen LogP contribution in [-0.2, 0) is 27.9 Å². The second-order valence-electron chi connectivity index (χ2n) is 6.46. The maximum atomic E-state index is 6.68. The van der Waals surface area contributed by atoms with Crippen molar-refractivity contribution < 1.29 is 9.47 Å². The third-order valence-electron chi connectivity index (χ3n) is 4.85. The number of hydrogen-bond acceptors (Lipinski definition) is 4. The van der Waals surface area contributed by atoms with Gasteiger partial charge in [-0.3, -0.25) is 0 Å². The fourth-order valence-corrected chi connectivity index (χ4v) is 3.28. The molecule has 1 aromatic rings. The molecule has 0 spiro atoms. The maximum absolute atomic E-state index is 6.68. The second kappa shape index (κ2) is 8.06. The minimum absolute atomic E-state index is 0.225. The van der Waals surface area contributed by atoms with Gasteiger partial charge >= 0.3 is 0 Å². The van der Waals surface area contributed by atoms with Crippen LogP contribution in [-0.4, -0.2) is 33.5 Å². The Morgan fingerprint density at radius 2 is 1.64 bits per heavy atom. The quantitative estimate of drug-likeness (QED) is 0.809. The number of ether oxygens (including phenoxy) is 2. The molecule has 0 heterocycles. The SMILES string of the molecule is COCCc1ccc(C2(N)CCC(N)CC2)cc1CCOC. The molecule has 1 aromatic carbocycles. The van der Waals surface area contributed by atoms with Crippen LogP contribution in [0.1, 0.15) is 42.4 Å². The third-order valence-corrected chi connectivity index (χ3v) is 4.85. The molecular formula is C18H30N2O2. The lowest BCUT2D eigenvalue weighted by Crippen LogP contribution is -2.43. The van der Waals surface area contributed by atoms with Crippen molar-refractivity contribution in [1.29, 1.82) is 0 Å². The average molecular weight is 306 g/mol. The first-order chi connectivity index (χ1) is 10.6. The summed E-state index contributed by atoms with van der Waals surface area (Å²) in [6, 6.07) is 6.99. The molecule has 0 saturated heterocycles. The molecule has 4 heteroatoms.